The zero-order valence-corrected chi connectivity index (χ0v) is 18.6. The van der Waals surface area contributed by atoms with Crippen molar-refractivity contribution >= 4 is 23.7 Å². The lowest BCUT2D eigenvalue weighted by molar-refractivity contribution is -0.156. The molecule has 5 atom stereocenters. The Kier molecular flexibility index (Phi) is 6.94. The summed E-state index contributed by atoms with van der Waals surface area (Å²) in [6.45, 7) is 0.938. The van der Waals surface area contributed by atoms with Crippen molar-refractivity contribution in [3.63, 3.8) is 0 Å². The lowest BCUT2D eigenvalue weighted by atomic mass is 9.93. The minimum Gasteiger partial charge on any atom is -0.434 e. The minimum atomic E-state index is -1.40. The molecule has 10 heteroatoms. The number of carbonyl (C=O) groups is 4. The van der Waals surface area contributed by atoms with Gasteiger partial charge in [0.05, 0.1) is 6.42 Å². The first-order valence-corrected chi connectivity index (χ1v) is 11.4. The Morgan fingerprint density at radius 3 is 2.48 bits per heavy atom. The van der Waals surface area contributed by atoms with Crippen LogP contribution in [0.15, 0.2) is 30.3 Å². The second kappa shape index (κ2) is 9.88. The normalized spacial score (nSPS) is 30.6. The molecule has 3 fully saturated rings. The highest BCUT2D eigenvalue weighted by molar-refractivity contribution is 5.98. The van der Waals surface area contributed by atoms with Gasteiger partial charge in [-0.25, -0.2) is 0 Å². The molecule has 3 amide bonds. The first-order valence-electron chi connectivity index (χ1n) is 11.4. The van der Waals surface area contributed by atoms with Gasteiger partial charge in [-0.1, -0.05) is 31.0 Å². The number of carbonyl (C=O) groups excluding carboxylic acids is 4. The summed E-state index contributed by atoms with van der Waals surface area (Å²) in [7, 11) is 1.90. The van der Waals surface area contributed by atoms with Crippen molar-refractivity contribution < 1.29 is 29.0 Å². The second-order valence-corrected chi connectivity index (χ2v) is 9.01. The molecule has 0 aliphatic carbocycles. The fourth-order valence-electron chi connectivity index (χ4n) is 4.88. The highest BCUT2D eigenvalue weighted by atomic mass is 16.6. The third-order valence-electron chi connectivity index (χ3n) is 6.52. The van der Waals surface area contributed by atoms with E-state index < -0.39 is 36.3 Å². The number of aliphatic hydroxyl groups is 1. The number of likely N-dealkylation sites (N-methyl/N-ethyl adjacent to an activating group) is 1. The highest BCUT2D eigenvalue weighted by Gasteiger charge is 2.45. The number of aliphatic hydroxyl groups excluding tert-OH is 1. The number of nitrogens with zero attached hydrogens (tertiary/aromatic N) is 2. The van der Waals surface area contributed by atoms with E-state index in [9.17, 15) is 24.3 Å². The number of rotatable bonds is 4. The molecule has 3 saturated heterocycles. The summed E-state index contributed by atoms with van der Waals surface area (Å²) in [5.41, 5.74) is 0.469. The quantitative estimate of drug-likeness (QED) is 0.525. The van der Waals surface area contributed by atoms with E-state index in [0.717, 1.165) is 19.3 Å². The van der Waals surface area contributed by atoms with Crippen LogP contribution in [0.5, 0.6) is 0 Å². The summed E-state index contributed by atoms with van der Waals surface area (Å²) >= 11 is 0. The van der Waals surface area contributed by atoms with Gasteiger partial charge in [-0.15, -0.1) is 0 Å². The lowest BCUT2D eigenvalue weighted by Gasteiger charge is -2.47. The van der Waals surface area contributed by atoms with Crippen LogP contribution in [0.1, 0.15) is 42.5 Å². The highest BCUT2D eigenvalue weighted by Crippen LogP contribution is 2.26. The number of ether oxygens (including phenoxy) is 1. The molecule has 3 N–H and O–H groups in total. The number of piperazine rings is 1. The van der Waals surface area contributed by atoms with E-state index in [1.54, 1.807) is 29.2 Å². The predicted octanol–water partition coefficient (Wildman–Crippen LogP) is -0.380. The van der Waals surface area contributed by atoms with E-state index in [-0.39, 0.29) is 24.3 Å². The topological polar surface area (TPSA) is 128 Å². The fraction of sp³-hybridized carbons (Fsp3) is 0.565. The van der Waals surface area contributed by atoms with Gasteiger partial charge in [-0.3, -0.25) is 19.2 Å². The minimum absolute atomic E-state index is 0.122. The standard InChI is InChI=1S/C23H30N4O6/c1-26-12-15-9-5-6-10-16(24-20(29)14-7-3-2-4-8-14)22(31)27(15)18(13-26)21(30)25-17-11-19(28)33-23(17)32/h2-4,7-8,15-18,23,32H,5-6,9-13H2,1H3,(H,24,29)(H,25,30)/t15-,16-,17-,18-,23?/m0/s1. The van der Waals surface area contributed by atoms with E-state index in [1.165, 1.54) is 0 Å². The molecule has 0 spiro atoms. The summed E-state index contributed by atoms with van der Waals surface area (Å²) in [4.78, 5) is 54.7. The average Bonchev–Trinajstić information content (AvgIpc) is 3.10. The van der Waals surface area contributed by atoms with Crippen LogP contribution in [0.3, 0.4) is 0 Å². The van der Waals surface area contributed by atoms with Gasteiger partial charge in [0, 0.05) is 24.7 Å². The number of cyclic esters (lactones) is 1. The first kappa shape index (κ1) is 23.2. The van der Waals surface area contributed by atoms with Crippen LogP contribution in [0.25, 0.3) is 0 Å². The third-order valence-corrected chi connectivity index (χ3v) is 6.52. The maximum absolute atomic E-state index is 13.7. The molecule has 10 nitrogen and oxygen atoms in total. The van der Waals surface area contributed by atoms with Crippen LogP contribution in [-0.2, 0) is 19.1 Å². The Hall–Kier alpha value is -2.98. The van der Waals surface area contributed by atoms with E-state index in [0.29, 0.717) is 25.1 Å². The molecule has 0 aromatic heterocycles. The summed E-state index contributed by atoms with van der Waals surface area (Å²) < 4.78 is 4.71. The smallest absolute Gasteiger partial charge is 0.310 e. The largest absolute Gasteiger partial charge is 0.434 e. The summed E-state index contributed by atoms with van der Waals surface area (Å²) in [6.07, 6.45) is 1.39. The van der Waals surface area contributed by atoms with E-state index >= 15 is 0 Å². The zero-order valence-electron chi connectivity index (χ0n) is 18.6. The molecule has 0 bridgehead atoms. The molecule has 3 aliphatic rings. The predicted molar refractivity (Wildman–Crippen MR) is 117 cm³/mol. The van der Waals surface area contributed by atoms with Crippen molar-refractivity contribution in [3.05, 3.63) is 35.9 Å². The molecular formula is C23H30N4O6. The van der Waals surface area contributed by atoms with Gasteiger partial charge >= 0.3 is 5.97 Å². The second-order valence-electron chi connectivity index (χ2n) is 9.01. The fourth-order valence-corrected chi connectivity index (χ4v) is 4.88. The number of hydrogen-bond donors (Lipinski definition) is 3. The Balaban J connectivity index is 1.53. The van der Waals surface area contributed by atoms with Gasteiger partial charge in [0.2, 0.25) is 18.1 Å². The maximum Gasteiger partial charge on any atom is 0.310 e. The summed E-state index contributed by atoms with van der Waals surface area (Å²) in [5.74, 6) is -1.64. The van der Waals surface area contributed by atoms with Crippen LogP contribution in [-0.4, -0.2) is 89.2 Å². The number of nitrogens with one attached hydrogen (secondary N) is 2. The molecule has 3 aliphatic heterocycles. The number of benzene rings is 1. The van der Waals surface area contributed by atoms with E-state index in [4.69, 9.17) is 4.74 Å². The molecule has 1 aromatic rings. The summed E-state index contributed by atoms with van der Waals surface area (Å²) in [5, 5.41) is 15.4. The van der Waals surface area contributed by atoms with Crippen LogP contribution in [0, 0.1) is 0 Å². The number of amides is 3. The van der Waals surface area contributed by atoms with Crippen molar-refractivity contribution in [3.8, 4) is 0 Å². The molecule has 1 unspecified atom stereocenters. The first-order chi connectivity index (χ1) is 15.8. The van der Waals surface area contributed by atoms with Crippen molar-refractivity contribution in [2.24, 2.45) is 0 Å². The number of esters is 1. The molecule has 178 valence electrons. The van der Waals surface area contributed by atoms with Gasteiger partial charge in [0.25, 0.3) is 5.91 Å². The van der Waals surface area contributed by atoms with Gasteiger partial charge in [-0.05, 0) is 32.0 Å². The van der Waals surface area contributed by atoms with Crippen LogP contribution < -0.4 is 10.6 Å². The van der Waals surface area contributed by atoms with Crippen molar-refractivity contribution in [2.75, 3.05) is 20.1 Å². The van der Waals surface area contributed by atoms with Crippen LogP contribution >= 0.6 is 0 Å². The van der Waals surface area contributed by atoms with Gasteiger partial charge in [0.1, 0.15) is 18.1 Å². The average molecular weight is 459 g/mol. The molecule has 4 rings (SSSR count). The molecule has 3 heterocycles. The molecule has 1 aromatic carbocycles. The lowest BCUT2D eigenvalue weighted by Crippen LogP contribution is -2.67. The van der Waals surface area contributed by atoms with Crippen molar-refractivity contribution in [1.82, 2.24) is 20.4 Å². The van der Waals surface area contributed by atoms with Crippen LogP contribution in [0.4, 0.5) is 0 Å². The van der Waals surface area contributed by atoms with Gasteiger partial charge in [-0.2, -0.15) is 0 Å². The SMILES string of the molecule is CN1C[C@@H]2CCCC[C@H](NC(=O)c3ccccc3)C(=O)N2[C@H](C(=O)N[C@H]2CC(=O)OC2O)C1. The van der Waals surface area contributed by atoms with Crippen molar-refractivity contribution in [2.45, 2.75) is 62.6 Å². The molecule has 0 saturated carbocycles. The molecular weight excluding hydrogens is 428 g/mol. The summed E-state index contributed by atoms with van der Waals surface area (Å²) in [6, 6.07) is 6.15. The Bertz CT molecular complexity index is 909. The van der Waals surface area contributed by atoms with Gasteiger partial charge in [0.15, 0.2) is 0 Å². The third kappa shape index (κ3) is 5.17. The zero-order chi connectivity index (χ0) is 23.5. The molecule has 33 heavy (non-hydrogen) atoms. The number of fused-ring (bicyclic) bond motifs is 1. The maximum atomic E-state index is 13.7. The Labute approximate surface area is 192 Å². The van der Waals surface area contributed by atoms with Gasteiger partial charge < -0.3 is 30.3 Å². The Morgan fingerprint density at radius 2 is 1.79 bits per heavy atom. The monoisotopic (exact) mass is 458 g/mol. The van der Waals surface area contributed by atoms with E-state index in [1.807, 2.05) is 18.0 Å². The number of hydrogen-bond acceptors (Lipinski definition) is 7. The van der Waals surface area contributed by atoms with Crippen molar-refractivity contribution in [1.29, 1.82) is 0 Å². The Morgan fingerprint density at radius 1 is 1.06 bits per heavy atom. The molecule has 0 radical (unpaired) electrons. The van der Waals surface area contributed by atoms with E-state index in [2.05, 4.69) is 10.6 Å². The van der Waals surface area contributed by atoms with Crippen LogP contribution in [0.2, 0.25) is 0 Å².